The third kappa shape index (κ3) is 4.15. The number of halogens is 2. The van der Waals surface area contributed by atoms with E-state index in [1.807, 2.05) is 31.3 Å². The zero-order valence-corrected chi connectivity index (χ0v) is 14.5. The molecule has 3 nitrogen and oxygen atoms in total. The molecule has 0 fully saturated rings. The number of carbonyl (C=O) groups excluding carboxylic acids is 1. The van der Waals surface area contributed by atoms with E-state index < -0.39 is 0 Å². The molecule has 0 aliphatic rings. The van der Waals surface area contributed by atoms with Gasteiger partial charge in [0.05, 0.1) is 5.88 Å². The van der Waals surface area contributed by atoms with Crippen molar-refractivity contribution in [3.05, 3.63) is 54.0 Å². The molecule has 1 heterocycles. The highest BCUT2D eigenvalue weighted by molar-refractivity contribution is 6.27. The Morgan fingerprint density at radius 3 is 2.58 bits per heavy atom. The summed E-state index contributed by atoms with van der Waals surface area (Å²) in [6, 6.07) is 10.7. The van der Waals surface area contributed by atoms with Crippen molar-refractivity contribution in [2.24, 2.45) is 0 Å². The lowest BCUT2D eigenvalue weighted by molar-refractivity contribution is -0.116. The standard InChI is InChI=1S/C15H13FN2.C4H7ClO/c1-9-6-10(2-5-14(9)17)13-8-18-15-7-11(16)3-4-12(13)15;1-2-4(6)3-5/h2-8,18H,17H2,1H3;2-3H2,1H3. The van der Waals surface area contributed by atoms with Crippen LogP contribution in [0.15, 0.2) is 42.6 Å². The van der Waals surface area contributed by atoms with E-state index in [9.17, 15) is 9.18 Å². The summed E-state index contributed by atoms with van der Waals surface area (Å²) >= 11 is 5.10. The summed E-state index contributed by atoms with van der Waals surface area (Å²) < 4.78 is 13.1. The Kier molecular flexibility index (Phi) is 5.99. The topological polar surface area (TPSA) is 58.9 Å². The van der Waals surface area contributed by atoms with Crippen molar-refractivity contribution < 1.29 is 9.18 Å². The number of hydrogen-bond acceptors (Lipinski definition) is 2. The summed E-state index contributed by atoms with van der Waals surface area (Å²) in [7, 11) is 0. The molecule has 0 saturated heterocycles. The predicted molar refractivity (Wildman–Crippen MR) is 98.9 cm³/mol. The Morgan fingerprint density at radius 1 is 1.25 bits per heavy atom. The number of ketones is 1. The number of fused-ring (bicyclic) bond motifs is 1. The molecule has 0 spiro atoms. The Morgan fingerprint density at radius 2 is 2.00 bits per heavy atom. The van der Waals surface area contributed by atoms with Crippen LogP contribution in [0.4, 0.5) is 10.1 Å². The molecule has 3 N–H and O–H groups in total. The second-order valence-electron chi connectivity index (χ2n) is 5.49. The maximum atomic E-state index is 13.1. The molecule has 3 aromatic rings. The molecule has 5 heteroatoms. The molecule has 0 saturated carbocycles. The summed E-state index contributed by atoms with van der Waals surface area (Å²) in [5.74, 6) is 0.0392. The van der Waals surface area contributed by atoms with Crippen LogP contribution in [0.5, 0.6) is 0 Å². The number of rotatable bonds is 3. The van der Waals surface area contributed by atoms with Crippen LogP contribution in [0.3, 0.4) is 0 Å². The minimum atomic E-state index is -0.232. The van der Waals surface area contributed by atoms with Gasteiger partial charge in [-0.05, 0) is 48.4 Å². The second kappa shape index (κ2) is 7.97. The van der Waals surface area contributed by atoms with Gasteiger partial charge in [-0.2, -0.15) is 0 Å². The number of anilines is 1. The van der Waals surface area contributed by atoms with Gasteiger partial charge in [0.25, 0.3) is 0 Å². The third-order valence-corrected chi connectivity index (χ3v) is 4.07. The Labute approximate surface area is 145 Å². The lowest BCUT2D eigenvalue weighted by atomic mass is 10.0. The van der Waals surface area contributed by atoms with E-state index in [0.29, 0.717) is 6.42 Å². The Bertz CT molecular complexity index is 852. The van der Waals surface area contributed by atoms with Crippen molar-refractivity contribution in [3.8, 4) is 11.1 Å². The molecule has 0 bridgehead atoms. The number of nitrogens with one attached hydrogen (secondary N) is 1. The van der Waals surface area contributed by atoms with Gasteiger partial charge in [0.2, 0.25) is 0 Å². The number of alkyl halides is 1. The van der Waals surface area contributed by atoms with Gasteiger partial charge in [-0.15, -0.1) is 11.6 Å². The fourth-order valence-corrected chi connectivity index (χ4v) is 2.46. The molecule has 0 radical (unpaired) electrons. The van der Waals surface area contributed by atoms with Crippen LogP contribution >= 0.6 is 11.6 Å². The molecular formula is C19H20ClFN2O. The van der Waals surface area contributed by atoms with E-state index >= 15 is 0 Å². The molecule has 1 aromatic heterocycles. The Balaban J connectivity index is 0.000000301. The van der Waals surface area contributed by atoms with E-state index in [4.69, 9.17) is 17.3 Å². The highest BCUT2D eigenvalue weighted by Gasteiger charge is 2.07. The van der Waals surface area contributed by atoms with E-state index in [-0.39, 0.29) is 17.5 Å². The highest BCUT2D eigenvalue weighted by atomic mass is 35.5. The molecule has 0 aliphatic carbocycles. The fraction of sp³-hybridized carbons (Fsp3) is 0.211. The molecule has 0 aliphatic heterocycles. The highest BCUT2D eigenvalue weighted by Crippen LogP contribution is 2.30. The van der Waals surface area contributed by atoms with E-state index in [2.05, 4.69) is 4.98 Å². The van der Waals surface area contributed by atoms with Crippen LogP contribution in [-0.2, 0) is 4.79 Å². The normalized spacial score (nSPS) is 10.3. The van der Waals surface area contributed by atoms with Crippen LogP contribution < -0.4 is 5.73 Å². The smallest absolute Gasteiger partial charge is 0.147 e. The second-order valence-corrected chi connectivity index (χ2v) is 5.76. The average Bonchev–Trinajstić information content (AvgIpc) is 3.00. The van der Waals surface area contributed by atoms with Gasteiger partial charge in [0, 0.05) is 34.8 Å². The van der Waals surface area contributed by atoms with Gasteiger partial charge in [0.1, 0.15) is 11.6 Å². The number of hydrogen-bond donors (Lipinski definition) is 2. The van der Waals surface area contributed by atoms with Crippen LogP contribution in [0.25, 0.3) is 22.0 Å². The van der Waals surface area contributed by atoms with Crippen LogP contribution in [-0.4, -0.2) is 16.6 Å². The lowest BCUT2D eigenvalue weighted by Crippen LogP contribution is -1.93. The molecule has 0 amide bonds. The van der Waals surface area contributed by atoms with Crippen LogP contribution in [0, 0.1) is 12.7 Å². The number of benzene rings is 2. The fourth-order valence-electron chi connectivity index (χ4n) is 2.27. The number of nitrogens with two attached hydrogens (primary N) is 1. The molecule has 24 heavy (non-hydrogen) atoms. The first kappa shape index (κ1) is 18.0. The summed E-state index contributed by atoms with van der Waals surface area (Å²) in [5.41, 5.74) is 10.6. The predicted octanol–water partition coefficient (Wildman–Crippen LogP) is 5.07. The average molecular weight is 347 g/mol. The Hall–Kier alpha value is -2.33. The van der Waals surface area contributed by atoms with Crippen LogP contribution in [0.2, 0.25) is 0 Å². The third-order valence-electron chi connectivity index (χ3n) is 3.77. The number of carbonyl (C=O) groups is 1. The zero-order chi connectivity index (χ0) is 17.7. The maximum absolute atomic E-state index is 13.1. The number of Topliss-reactive ketones (excluding diaryl/α,β-unsaturated/α-hetero) is 1. The molecule has 3 rings (SSSR count). The monoisotopic (exact) mass is 346 g/mol. The number of nitrogen functional groups attached to an aromatic ring is 1. The van der Waals surface area contributed by atoms with E-state index in [0.717, 1.165) is 33.3 Å². The molecule has 0 unspecified atom stereocenters. The quantitative estimate of drug-likeness (QED) is 0.514. The van der Waals surface area contributed by atoms with Crippen molar-refractivity contribution in [1.29, 1.82) is 0 Å². The van der Waals surface area contributed by atoms with Crippen molar-refractivity contribution in [2.75, 3.05) is 11.6 Å². The minimum absolute atomic E-state index is 0.108. The minimum Gasteiger partial charge on any atom is -0.399 e. The maximum Gasteiger partial charge on any atom is 0.147 e. The zero-order valence-electron chi connectivity index (χ0n) is 13.7. The SMILES string of the molecule is CCC(=O)CCl.Cc1cc(-c2c[nH]c3cc(F)ccc23)ccc1N. The van der Waals surface area contributed by atoms with Gasteiger partial charge < -0.3 is 10.7 Å². The van der Waals surface area contributed by atoms with Crippen molar-refractivity contribution in [3.63, 3.8) is 0 Å². The largest absolute Gasteiger partial charge is 0.399 e. The van der Waals surface area contributed by atoms with E-state index in [1.54, 1.807) is 13.0 Å². The first-order valence-corrected chi connectivity index (χ1v) is 8.20. The van der Waals surface area contributed by atoms with E-state index in [1.165, 1.54) is 12.1 Å². The molecule has 0 atom stereocenters. The summed E-state index contributed by atoms with van der Waals surface area (Å²) in [6.45, 7) is 3.78. The number of H-pyrrole nitrogens is 1. The number of aromatic nitrogens is 1. The van der Waals surface area contributed by atoms with Gasteiger partial charge in [0.15, 0.2) is 0 Å². The summed E-state index contributed by atoms with van der Waals surface area (Å²) in [5, 5.41) is 1.01. The number of aryl methyl sites for hydroxylation is 1. The summed E-state index contributed by atoms with van der Waals surface area (Å²) in [4.78, 5) is 13.1. The van der Waals surface area contributed by atoms with Gasteiger partial charge in [-0.1, -0.05) is 13.0 Å². The molecule has 2 aromatic carbocycles. The lowest BCUT2D eigenvalue weighted by Gasteiger charge is -2.04. The van der Waals surface area contributed by atoms with Crippen molar-refractivity contribution in [1.82, 2.24) is 4.98 Å². The van der Waals surface area contributed by atoms with Gasteiger partial charge >= 0.3 is 0 Å². The van der Waals surface area contributed by atoms with Crippen LogP contribution in [0.1, 0.15) is 18.9 Å². The van der Waals surface area contributed by atoms with Crippen molar-refractivity contribution >= 4 is 34.0 Å². The van der Waals surface area contributed by atoms with Crippen molar-refractivity contribution in [2.45, 2.75) is 20.3 Å². The van der Waals surface area contributed by atoms with Gasteiger partial charge in [-0.3, -0.25) is 4.79 Å². The van der Waals surface area contributed by atoms with Gasteiger partial charge in [-0.25, -0.2) is 4.39 Å². The first-order chi connectivity index (χ1) is 11.5. The molecule has 126 valence electrons. The summed E-state index contributed by atoms with van der Waals surface area (Å²) in [6.07, 6.45) is 2.46. The number of aromatic amines is 1. The first-order valence-electron chi connectivity index (χ1n) is 7.67. The molecular weight excluding hydrogens is 327 g/mol.